The predicted octanol–water partition coefficient (Wildman–Crippen LogP) is 3.54. The van der Waals surface area contributed by atoms with Crippen LogP contribution in [0.4, 0.5) is 5.82 Å². The molecule has 0 saturated heterocycles. The van der Waals surface area contributed by atoms with Crippen molar-refractivity contribution in [2.45, 2.75) is 26.9 Å². The van der Waals surface area contributed by atoms with Gasteiger partial charge in [-0.05, 0) is 30.7 Å². The summed E-state index contributed by atoms with van der Waals surface area (Å²) in [5, 5.41) is 3.22. The summed E-state index contributed by atoms with van der Waals surface area (Å²) in [6.07, 6.45) is 1.96. The first-order valence-corrected chi connectivity index (χ1v) is 7.27. The van der Waals surface area contributed by atoms with Gasteiger partial charge in [-0.3, -0.25) is 4.90 Å². The molecule has 1 heterocycles. The van der Waals surface area contributed by atoms with E-state index in [4.69, 9.17) is 0 Å². The van der Waals surface area contributed by atoms with Crippen LogP contribution < -0.4 is 5.32 Å². The summed E-state index contributed by atoms with van der Waals surface area (Å²) in [5.74, 6) is 0.947. The fourth-order valence-corrected chi connectivity index (χ4v) is 2.18. The summed E-state index contributed by atoms with van der Waals surface area (Å²) in [4.78, 5) is 6.84. The van der Waals surface area contributed by atoms with Crippen LogP contribution in [0, 0.1) is 0 Å². The molecule has 0 amide bonds. The second kappa shape index (κ2) is 7.65. The van der Waals surface area contributed by atoms with Crippen LogP contribution >= 0.6 is 0 Å². The summed E-state index contributed by atoms with van der Waals surface area (Å²) in [6.45, 7) is 8.13. The number of anilines is 1. The van der Waals surface area contributed by atoms with Crippen LogP contribution in [0.1, 0.15) is 25.0 Å². The Balaban J connectivity index is 1.95. The molecule has 0 spiro atoms. The second-order valence-corrected chi connectivity index (χ2v) is 4.87. The maximum atomic E-state index is 4.43. The van der Waals surface area contributed by atoms with Gasteiger partial charge in [-0.2, -0.15) is 0 Å². The van der Waals surface area contributed by atoms with Crippen LogP contribution in [-0.4, -0.2) is 23.0 Å². The van der Waals surface area contributed by atoms with Crippen LogP contribution in [0.2, 0.25) is 0 Å². The monoisotopic (exact) mass is 269 g/mol. The molecule has 0 aliphatic rings. The van der Waals surface area contributed by atoms with E-state index in [-0.39, 0.29) is 0 Å². The van der Waals surface area contributed by atoms with Gasteiger partial charge in [0.25, 0.3) is 0 Å². The Labute approximate surface area is 121 Å². The van der Waals surface area contributed by atoms with Crippen LogP contribution in [0.25, 0.3) is 0 Å². The molecule has 2 rings (SSSR count). The smallest absolute Gasteiger partial charge is 0.125 e. The van der Waals surface area contributed by atoms with Gasteiger partial charge in [0, 0.05) is 25.8 Å². The average Bonchev–Trinajstić information content (AvgIpc) is 2.50. The first kappa shape index (κ1) is 14.5. The van der Waals surface area contributed by atoms with E-state index in [0.29, 0.717) is 0 Å². The molecule has 2 aromatic rings. The zero-order valence-corrected chi connectivity index (χ0v) is 12.3. The molecule has 0 saturated carbocycles. The predicted molar refractivity (Wildman–Crippen MR) is 84.6 cm³/mol. The number of nitrogens with one attached hydrogen (secondary N) is 1. The van der Waals surface area contributed by atoms with Crippen LogP contribution in [0.15, 0.2) is 48.7 Å². The third-order valence-electron chi connectivity index (χ3n) is 3.29. The van der Waals surface area contributed by atoms with Crippen molar-refractivity contribution in [3.8, 4) is 0 Å². The lowest BCUT2D eigenvalue weighted by Gasteiger charge is -2.20. The summed E-state index contributed by atoms with van der Waals surface area (Å²) in [5.41, 5.74) is 2.61. The van der Waals surface area contributed by atoms with Crippen molar-refractivity contribution in [1.29, 1.82) is 0 Å². The quantitative estimate of drug-likeness (QED) is 0.833. The Bertz CT molecular complexity index is 493. The van der Waals surface area contributed by atoms with Gasteiger partial charge in [0.2, 0.25) is 0 Å². The summed E-state index contributed by atoms with van der Waals surface area (Å²) in [6, 6.07) is 14.8. The third kappa shape index (κ3) is 4.35. The summed E-state index contributed by atoms with van der Waals surface area (Å²) < 4.78 is 0. The third-order valence-corrected chi connectivity index (χ3v) is 3.29. The first-order chi connectivity index (χ1) is 9.81. The standard InChI is InChI=1S/C17H23N3/c1-3-18-17-11-10-16(12-19-17)14-20(4-2)13-15-8-6-5-7-9-15/h5-12H,3-4,13-14H2,1-2H3,(H,18,19). The van der Waals surface area contributed by atoms with E-state index >= 15 is 0 Å². The maximum Gasteiger partial charge on any atom is 0.125 e. The van der Waals surface area contributed by atoms with E-state index in [1.165, 1.54) is 11.1 Å². The molecule has 0 aliphatic heterocycles. The second-order valence-electron chi connectivity index (χ2n) is 4.87. The molecule has 3 heteroatoms. The van der Waals surface area contributed by atoms with E-state index in [0.717, 1.165) is 32.0 Å². The number of hydrogen-bond acceptors (Lipinski definition) is 3. The van der Waals surface area contributed by atoms with E-state index in [9.17, 15) is 0 Å². The molecule has 106 valence electrons. The van der Waals surface area contributed by atoms with Gasteiger partial charge < -0.3 is 5.32 Å². The molecule has 0 radical (unpaired) electrons. The molecule has 0 bridgehead atoms. The minimum Gasteiger partial charge on any atom is -0.370 e. The molecule has 0 aliphatic carbocycles. The van der Waals surface area contributed by atoms with E-state index in [1.54, 1.807) is 0 Å². The van der Waals surface area contributed by atoms with E-state index in [2.05, 4.69) is 71.5 Å². The Hall–Kier alpha value is -1.87. The van der Waals surface area contributed by atoms with Crippen molar-refractivity contribution < 1.29 is 0 Å². The number of nitrogens with zero attached hydrogens (tertiary/aromatic N) is 2. The molecule has 3 nitrogen and oxygen atoms in total. The van der Waals surface area contributed by atoms with Crippen molar-refractivity contribution in [2.24, 2.45) is 0 Å². The number of pyridine rings is 1. The number of rotatable bonds is 7. The Morgan fingerprint density at radius 1 is 0.950 bits per heavy atom. The van der Waals surface area contributed by atoms with Crippen molar-refractivity contribution >= 4 is 5.82 Å². The highest BCUT2D eigenvalue weighted by Gasteiger charge is 2.05. The van der Waals surface area contributed by atoms with Crippen molar-refractivity contribution in [2.75, 3.05) is 18.4 Å². The Morgan fingerprint density at radius 3 is 2.30 bits per heavy atom. The lowest BCUT2D eigenvalue weighted by molar-refractivity contribution is 0.271. The van der Waals surface area contributed by atoms with E-state index < -0.39 is 0 Å². The Kier molecular flexibility index (Phi) is 5.56. The molecular formula is C17H23N3. The zero-order valence-electron chi connectivity index (χ0n) is 12.3. The topological polar surface area (TPSA) is 28.2 Å². The first-order valence-electron chi connectivity index (χ1n) is 7.27. The molecule has 1 aromatic carbocycles. The molecule has 0 fully saturated rings. The number of benzene rings is 1. The van der Waals surface area contributed by atoms with Crippen LogP contribution in [0.3, 0.4) is 0 Å². The number of hydrogen-bond donors (Lipinski definition) is 1. The molecule has 0 unspecified atom stereocenters. The highest BCUT2D eigenvalue weighted by molar-refractivity contribution is 5.35. The molecule has 20 heavy (non-hydrogen) atoms. The minimum atomic E-state index is 0.904. The normalized spacial score (nSPS) is 10.8. The van der Waals surface area contributed by atoms with Gasteiger partial charge in [-0.1, -0.05) is 43.3 Å². The van der Waals surface area contributed by atoms with Gasteiger partial charge in [0.05, 0.1) is 0 Å². The van der Waals surface area contributed by atoms with Crippen LogP contribution in [0.5, 0.6) is 0 Å². The molecule has 0 atom stereocenters. The highest BCUT2D eigenvalue weighted by Crippen LogP contribution is 2.11. The summed E-state index contributed by atoms with van der Waals surface area (Å²) >= 11 is 0. The van der Waals surface area contributed by atoms with Crippen LogP contribution in [-0.2, 0) is 13.1 Å². The van der Waals surface area contributed by atoms with Gasteiger partial charge in [-0.25, -0.2) is 4.98 Å². The lowest BCUT2D eigenvalue weighted by Crippen LogP contribution is -2.22. The number of aromatic nitrogens is 1. The van der Waals surface area contributed by atoms with E-state index in [1.807, 2.05) is 6.20 Å². The van der Waals surface area contributed by atoms with Crippen molar-refractivity contribution in [3.05, 3.63) is 59.8 Å². The van der Waals surface area contributed by atoms with Crippen molar-refractivity contribution in [1.82, 2.24) is 9.88 Å². The van der Waals surface area contributed by atoms with Crippen molar-refractivity contribution in [3.63, 3.8) is 0 Å². The maximum absolute atomic E-state index is 4.43. The molecule has 1 aromatic heterocycles. The molecular weight excluding hydrogens is 246 g/mol. The van der Waals surface area contributed by atoms with Gasteiger partial charge >= 0.3 is 0 Å². The minimum absolute atomic E-state index is 0.904. The lowest BCUT2D eigenvalue weighted by atomic mass is 10.2. The highest BCUT2D eigenvalue weighted by atomic mass is 15.1. The zero-order chi connectivity index (χ0) is 14.2. The summed E-state index contributed by atoms with van der Waals surface area (Å²) in [7, 11) is 0. The molecule has 1 N–H and O–H groups in total. The fraction of sp³-hybridized carbons (Fsp3) is 0.353. The SMILES string of the molecule is CCNc1ccc(CN(CC)Cc2ccccc2)cn1. The van der Waals surface area contributed by atoms with Gasteiger partial charge in [0.15, 0.2) is 0 Å². The average molecular weight is 269 g/mol. The van der Waals surface area contributed by atoms with Gasteiger partial charge in [-0.15, -0.1) is 0 Å². The Morgan fingerprint density at radius 2 is 1.70 bits per heavy atom. The fourth-order valence-electron chi connectivity index (χ4n) is 2.18. The largest absolute Gasteiger partial charge is 0.370 e. The van der Waals surface area contributed by atoms with Gasteiger partial charge in [0.1, 0.15) is 5.82 Å².